The van der Waals surface area contributed by atoms with E-state index in [1.54, 1.807) is 0 Å². The Balaban J connectivity index is 3.31. The maximum Gasteiger partial charge on any atom is 0.335 e. The molecule has 2 N–H and O–H groups in total. The van der Waals surface area contributed by atoms with Crippen molar-refractivity contribution in [1.82, 2.24) is 0 Å². The molecule has 0 aromatic carbocycles. The van der Waals surface area contributed by atoms with Gasteiger partial charge in [-0.25, -0.2) is 4.79 Å². The molecule has 6 heteroatoms. The fourth-order valence-electron chi connectivity index (χ4n) is 3.17. The second-order valence-electron chi connectivity index (χ2n) is 7.53. The van der Waals surface area contributed by atoms with Crippen LogP contribution in [0.3, 0.4) is 0 Å². The van der Waals surface area contributed by atoms with Crippen LogP contribution in [-0.4, -0.2) is 35.0 Å². The van der Waals surface area contributed by atoms with Crippen LogP contribution in [0.15, 0.2) is 4.74 Å². The van der Waals surface area contributed by atoms with Crippen molar-refractivity contribution in [2.24, 2.45) is 4.74 Å². The van der Waals surface area contributed by atoms with Crippen LogP contribution in [-0.2, 0) is 4.79 Å². The second-order valence-corrected chi connectivity index (χ2v) is 8.91. The molecule has 160 valence electrons. The van der Waals surface area contributed by atoms with E-state index < -0.39 is 26.6 Å². The highest BCUT2D eigenvalue weighted by molar-refractivity contribution is 7.39. The molecule has 2 atom stereocenters. The number of hydrogen-bond acceptors (Lipinski definition) is 4. The highest BCUT2D eigenvalue weighted by Crippen LogP contribution is 2.20. The molecule has 0 amide bonds. The number of aliphatic carboxylic acids is 1. The minimum atomic E-state index is -1.87. The molecule has 2 unspecified atom stereocenters. The maximum absolute atomic E-state index is 11.7. The van der Waals surface area contributed by atoms with E-state index in [-0.39, 0.29) is 0 Å². The highest BCUT2D eigenvalue weighted by Gasteiger charge is 2.18. The van der Waals surface area contributed by atoms with Gasteiger partial charge in [-0.05, 0) is 12.8 Å². The van der Waals surface area contributed by atoms with Gasteiger partial charge in [0.25, 0.3) is 0 Å². The third-order valence-electron chi connectivity index (χ3n) is 4.93. The molecule has 0 bridgehead atoms. The first-order valence-electron chi connectivity index (χ1n) is 11.1. The average Bonchev–Trinajstić information content (AvgIpc) is 2.65. The summed E-state index contributed by atoms with van der Waals surface area (Å²) in [5.41, 5.74) is 0. The lowest BCUT2D eigenvalue weighted by Gasteiger charge is -2.04. The van der Waals surface area contributed by atoms with Crippen molar-refractivity contribution in [3.63, 3.8) is 0 Å². The van der Waals surface area contributed by atoms with Gasteiger partial charge in [-0.3, -0.25) is 0 Å². The summed E-state index contributed by atoms with van der Waals surface area (Å²) in [6, 6.07) is -1.24. The van der Waals surface area contributed by atoms with Gasteiger partial charge in [0.05, 0.1) is 6.61 Å². The van der Waals surface area contributed by atoms with Gasteiger partial charge >= 0.3 is 5.97 Å². The van der Waals surface area contributed by atoms with Gasteiger partial charge in [-0.15, -0.1) is 0 Å². The van der Waals surface area contributed by atoms with Gasteiger partial charge in [0.1, 0.15) is 6.16 Å². The van der Waals surface area contributed by atoms with Gasteiger partial charge in [0.2, 0.25) is 6.04 Å². The smallest absolute Gasteiger partial charge is 0.335 e. The summed E-state index contributed by atoms with van der Waals surface area (Å²) in [4.78, 5) is 22.4. The molecule has 0 aliphatic heterocycles. The van der Waals surface area contributed by atoms with Crippen LogP contribution in [0.4, 0.5) is 0 Å². The van der Waals surface area contributed by atoms with Crippen LogP contribution in [0.5, 0.6) is 0 Å². The number of nitrogens with zero attached hydrogens (tertiary/aromatic N) is 1. The van der Waals surface area contributed by atoms with Gasteiger partial charge < -0.3 is 15.1 Å². The largest absolute Gasteiger partial charge is 0.612 e. The average molecular weight is 404 g/mol. The van der Waals surface area contributed by atoms with Crippen molar-refractivity contribution in [1.29, 1.82) is 0 Å². The van der Waals surface area contributed by atoms with Gasteiger partial charge in [-0.1, -0.05) is 102 Å². The monoisotopic (exact) mass is 403 g/mol. The number of aliphatic hydroxyl groups excluding tert-OH is 1. The Hall–Kier alpha value is -0.510. The number of carboxylic acid groups (broad SMARTS) is 1. The van der Waals surface area contributed by atoms with E-state index in [0.29, 0.717) is 6.16 Å². The minimum Gasteiger partial charge on any atom is -0.612 e. The Labute approximate surface area is 167 Å². The van der Waals surface area contributed by atoms with Gasteiger partial charge in [0.15, 0.2) is 7.94 Å². The van der Waals surface area contributed by atoms with E-state index >= 15 is 0 Å². The Morgan fingerprint density at radius 3 is 1.52 bits per heavy atom. The molecule has 27 heavy (non-hydrogen) atoms. The molecule has 0 rings (SSSR count). The molecule has 0 heterocycles. The molecule has 0 radical (unpaired) electrons. The lowest BCUT2D eigenvalue weighted by Crippen LogP contribution is -2.21. The van der Waals surface area contributed by atoms with Gasteiger partial charge in [-0.2, -0.15) is 0 Å². The molecule has 0 aromatic rings. The summed E-state index contributed by atoms with van der Waals surface area (Å²) in [5, 5.41) is 17.6. The van der Waals surface area contributed by atoms with E-state index in [1.165, 1.54) is 83.5 Å². The fraction of sp³-hybridized carbons (Fsp3) is 0.952. The summed E-state index contributed by atoms with van der Waals surface area (Å²) < 4.78 is 3.66. The Bertz CT molecular complexity index is 377. The quantitative estimate of drug-likeness (QED) is 0.203. The molecule has 0 saturated heterocycles. The molecule has 0 aliphatic rings. The summed E-state index contributed by atoms with van der Waals surface area (Å²) in [5.74, 6) is -1.21. The van der Waals surface area contributed by atoms with E-state index in [4.69, 9.17) is 10.2 Å². The predicted molar refractivity (Wildman–Crippen MR) is 112 cm³/mol. The third-order valence-corrected chi connectivity index (χ3v) is 6.16. The molecule has 0 spiro atoms. The number of unbranched alkanes of at least 4 members (excludes halogenated alkanes) is 15. The van der Waals surface area contributed by atoms with Crippen molar-refractivity contribution in [2.75, 3.05) is 12.8 Å². The van der Waals surface area contributed by atoms with Gasteiger partial charge in [0, 0.05) is 0 Å². The topological polar surface area (TPSA) is 93.0 Å². The number of hydrogen-bond donors (Lipinski definition) is 2. The van der Waals surface area contributed by atoms with E-state index in [2.05, 4.69) is 11.7 Å². The first-order chi connectivity index (χ1) is 13.1. The summed E-state index contributed by atoms with van der Waals surface area (Å²) in [6.45, 7) is 1.67. The van der Waals surface area contributed by atoms with Crippen molar-refractivity contribution >= 4 is 13.9 Å². The van der Waals surface area contributed by atoms with Crippen LogP contribution < -0.4 is 4.89 Å². The first kappa shape index (κ1) is 26.5. The first-order valence-corrected chi connectivity index (χ1v) is 12.5. The zero-order valence-electron chi connectivity index (χ0n) is 17.4. The standard InChI is InChI=1S/C21H42NO4P/c1-2-3-4-5-6-7-8-9-10-11-12-13-14-15-16-17-18-27(26)22-20(19-23)21(24)25/h20,23H,2-19H2,1H3,(H,24,25). The summed E-state index contributed by atoms with van der Waals surface area (Å²) in [6.07, 6.45) is 21.1. The Morgan fingerprint density at radius 2 is 1.19 bits per heavy atom. The zero-order chi connectivity index (χ0) is 20.2. The van der Waals surface area contributed by atoms with Crippen LogP contribution >= 0.6 is 7.94 Å². The number of aliphatic hydroxyl groups is 1. The Kier molecular flexibility index (Phi) is 19.8. The molecule has 0 saturated carbocycles. The van der Waals surface area contributed by atoms with Crippen molar-refractivity contribution in [3.05, 3.63) is 0 Å². The number of rotatable bonds is 20. The summed E-state index contributed by atoms with van der Waals surface area (Å²) >= 11 is 0. The lowest BCUT2D eigenvalue weighted by atomic mass is 10.0. The lowest BCUT2D eigenvalue weighted by molar-refractivity contribution is -0.157. The van der Waals surface area contributed by atoms with E-state index in [9.17, 15) is 9.69 Å². The van der Waals surface area contributed by atoms with Crippen LogP contribution in [0.2, 0.25) is 0 Å². The van der Waals surface area contributed by atoms with Crippen molar-refractivity contribution in [3.8, 4) is 0 Å². The minimum absolute atomic E-state index is 0.428. The zero-order valence-corrected chi connectivity index (χ0v) is 18.3. The van der Waals surface area contributed by atoms with Crippen molar-refractivity contribution < 1.29 is 19.9 Å². The third kappa shape index (κ3) is 18.6. The molecule has 0 aliphatic carbocycles. The highest BCUT2D eigenvalue weighted by atomic mass is 31.1. The molecule has 5 nitrogen and oxygen atoms in total. The maximum atomic E-state index is 11.7. The van der Waals surface area contributed by atoms with Crippen LogP contribution in [0.1, 0.15) is 110 Å². The molecule has 0 fully saturated rings. The second kappa shape index (κ2) is 20.2. The SMILES string of the molecule is CCCCCCCCCCCCCCCCCC[P+]([O-])=NC(CO)C(=O)O. The Morgan fingerprint density at radius 1 is 0.815 bits per heavy atom. The van der Waals surface area contributed by atoms with Crippen LogP contribution in [0, 0.1) is 0 Å². The molecular formula is C21H42NO4P. The number of carbonyl (C=O) groups is 1. The van der Waals surface area contributed by atoms with Crippen LogP contribution in [0.25, 0.3) is 0 Å². The van der Waals surface area contributed by atoms with Crippen molar-refractivity contribution in [2.45, 2.75) is 116 Å². The van der Waals surface area contributed by atoms with E-state index in [1.807, 2.05) is 0 Å². The number of carboxylic acids is 1. The fourth-order valence-corrected chi connectivity index (χ4v) is 4.26. The molecular weight excluding hydrogens is 361 g/mol. The summed E-state index contributed by atoms with van der Waals surface area (Å²) in [7, 11) is -1.87. The van der Waals surface area contributed by atoms with E-state index in [0.717, 1.165) is 19.3 Å². The molecule has 0 aromatic heterocycles. The predicted octanol–water partition coefficient (Wildman–Crippen LogP) is 5.63. The normalized spacial score (nSPS) is 13.1.